The van der Waals surface area contributed by atoms with Crippen LogP contribution in [0.15, 0.2) is 6.07 Å². The number of alkyl halides is 5. The molecular weight excluding hydrogens is 337 g/mol. The fourth-order valence-corrected chi connectivity index (χ4v) is 2.62. The molecule has 1 unspecified atom stereocenters. The van der Waals surface area contributed by atoms with Crippen molar-refractivity contribution in [1.29, 1.82) is 0 Å². The molecule has 1 amide bonds. The lowest BCUT2D eigenvalue weighted by Gasteiger charge is -2.38. The number of hydrogen-bond donors (Lipinski definition) is 0. The van der Waals surface area contributed by atoms with Gasteiger partial charge in [-0.1, -0.05) is 0 Å². The van der Waals surface area contributed by atoms with Crippen molar-refractivity contribution in [2.45, 2.75) is 32.0 Å². The lowest BCUT2D eigenvalue weighted by Crippen LogP contribution is -2.51. The summed E-state index contributed by atoms with van der Waals surface area (Å²) in [4.78, 5) is 13.5. The number of hydrogen-bond acceptors (Lipinski definition) is 3. The Morgan fingerprint density at radius 1 is 1.46 bits per heavy atom. The maximum Gasteiger partial charge on any atom is 0.435 e. The van der Waals surface area contributed by atoms with E-state index in [0.717, 1.165) is 10.7 Å². The van der Waals surface area contributed by atoms with Crippen molar-refractivity contribution in [1.82, 2.24) is 14.7 Å². The van der Waals surface area contributed by atoms with E-state index < -0.39 is 42.6 Å². The van der Waals surface area contributed by atoms with Crippen LogP contribution in [-0.4, -0.2) is 53.3 Å². The minimum atomic E-state index is -4.60. The van der Waals surface area contributed by atoms with Gasteiger partial charge in [0, 0.05) is 32.3 Å². The molecule has 0 aliphatic carbocycles. The Kier molecular flexibility index (Phi) is 5.17. The number of rotatable bonds is 4. The summed E-state index contributed by atoms with van der Waals surface area (Å²) < 4.78 is 71.1. The van der Waals surface area contributed by atoms with Crippen LogP contribution in [0.2, 0.25) is 0 Å². The number of methoxy groups -OCH3 is 1. The Balaban J connectivity index is 2.06. The van der Waals surface area contributed by atoms with E-state index in [4.69, 9.17) is 4.74 Å². The molecule has 1 saturated heterocycles. The molecule has 1 aliphatic heterocycles. The first-order chi connectivity index (χ1) is 11.0. The van der Waals surface area contributed by atoms with Crippen LogP contribution in [0.25, 0.3) is 0 Å². The lowest BCUT2D eigenvalue weighted by molar-refractivity contribution is -0.152. The molecule has 5 nitrogen and oxygen atoms in total. The molecule has 0 saturated carbocycles. The van der Waals surface area contributed by atoms with Gasteiger partial charge >= 0.3 is 6.18 Å². The number of halogens is 5. The first-order valence-electron chi connectivity index (χ1n) is 7.31. The van der Waals surface area contributed by atoms with E-state index in [1.54, 1.807) is 0 Å². The van der Waals surface area contributed by atoms with E-state index in [-0.39, 0.29) is 25.4 Å². The Labute approximate surface area is 135 Å². The van der Waals surface area contributed by atoms with Gasteiger partial charge in [0.25, 0.3) is 5.92 Å². The number of ether oxygens (including phenoxy) is 1. The zero-order chi connectivity index (χ0) is 18.1. The molecule has 0 radical (unpaired) electrons. The molecule has 24 heavy (non-hydrogen) atoms. The predicted octanol–water partition coefficient (Wildman–Crippen LogP) is 2.34. The number of carbonyl (C=O) groups excluding carboxylic acids is 1. The lowest BCUT2D eigenvalue weighted by atomic mass is 9.94. The van der Waals surface area contributed by atoms with Crippen molar-refractivity contribution in [3.63, 3.8) is 0 Å². The van der Waals surface area contributed by atoms with Crippen molar-refractivity contribution in [2.75, 3.05) is 26.8 Å². The highest BCUT2D eigenvalue weighted by Gasteiger charge is 2.45. The Bertz CT molecular complexity index is 600. The second-order valence-electron chi connectivity index (χ2n) is 5.83. The topological polar surface area (TPSA) is 47.4 Å². The highest BCUT2D eigenvalue weighted by atomic mass is 19.4. The number of aryl methyl sites for hydroxylation is 1. The normalized spacial score (nSPS) is 21.1. The fraction of sp³-hybridized carbons (Fsp3) is 0.714. The average molecular weight is 355 g/mol. The SMILES string of the molecule is COCC1CN(C(=O)Cn2nc(C(F)(F)F)cc2C)CCC1(F)F. The molecule has 1 fully saturated rings. The van der Waals surface area contributed by atoms with E-state index in [2.05, 4.69) is 5.10 Å². The average Bonchev–Trinajstić information content (AvgIpc) is 2.82. The number of carbonyl (C=O) groups is 1. The molecule has 1 aliphatic rings. The molecule has 0 aromatic carbocycles. The van der Waals surface area contributed by atoms with E-state index in [0.29, 0.717) is 0 Å². The van der Waals surface area contributed by atoms with E-state index in [1.807, 2.05) is 0 Å². The minimum Gasteiger partial charge on any atom is -0.384 e. The van der Waals surface area contributed by atoms with Gasteiger partial charge in [-0.05, 0) is 13.0 Å². The van der Waals surface area contributed by atoms with Gasteiger partial charge < -0.3 is 9.64 Å². The van der Waals surface area contributed by atoms with E-state index in [9.17, 15) is 26.7 Å². The number of likely N-dealkylation sites (tertiary alicyclic amines) is 1. The number of nitrogens with zero attached hydrogens (tertiary/aromatic N) is 3. The van der Waals surface area contributed by atoms with E-state index >= 15 is 0 Å². The molecule has 0 spiro atoms. The van der Waals surface area contributed by atoms with Gasteiger partial charge in [-0.2, -0.15) is 18.3 Å². The summed E-state index contributed by atoms with van der Waals surface area (Å²) in [6, 6.07) is 0.839. The molecule has 10 heteroatoms. The van der Waals surface area contributed by atoms with Gasteiger partial charge in [0.1, 0.15) is 6.54 Å². The number of amides is 1. The minimum absolute atomic E-state index is 0.154. The third-order valence-electron chi connectivity index (χ3n) is 4.03. The Hall–Kier alpha value is -1.71. The highest BCUT2D eigenvalue weighted by Crippen LogP contribution is 2.34. The van der Waals surface area contributed by atoms with Gasteiger partial charge in [-0.25, -0.2) is 8.78 Å². The van der Waals surface area contributed by atoms with Crippen molar-refractivity contribution in [3.8, 4) is 0 Å². The van der Waals surface area contributed by atoms with Gasteiger partial charge in [0.15, 0.2) is 5.69 Å². The summed E-state index contributed by atoms with van der Waals surface area (Å²) in [5.41, 5.74) is -0.915. The molecule has 1 aromatic heterocycles. The predicted molar refractivity (Wildman–Crippen MR) is 73.5 cm³/mol. The molecule has 1 aromatic rings. The zero-order valence-electron chi connectivity index (χ0n) is 13.2. The highest BCUT2D eigenvalue weighted by molar-refractivity contribution is 5.76. The Morgan fingerprint density at radius 3 is 2.67 bits per heavy atom. The van der Waals surface area contributed by atoms with Crippen LogP contribution in [-0.2, 0) is 22.3 Å². The van der Waals surface area contributed by atoms with Crippen LogP contribution in [0, 0.1) is 12.8 Å². The van der Waals surface area contributed by atoms with Gasteiger partial charge in [0.2, 0.25) is 5.91 Å². The van der Waals surface area contributed by atoms with Crippen LogP contribution in [0.1, 0.15) is 17.8 Å². The summed E-state index contributed by atoms with van der Waals surface area (Å²) in [7, 11) is 1.29. The summed E-state index contributed by atoms with van der Waals surface area (Å²) in [5, 5.41) is 3.37. The molecule has 1 atom stereocenters. The fourth-order valence-electron chi connectivity index (χ4n) is 2.62. The molecule has 2 heterocycles. The van der Waals surface area contributed by atoms with Crippen LogP contribution >= 0.6 is 0 Å². The van der Waals surface area contributed by atoms with Gasteiger partial charge in [-0.15, -0.1) is 0 Å². The smallest absolute Gasteiger partial charge is 0.384 e. The maximum atomic E-state index is 13.8. The number of piperidine rings is 1. The summed E-state index contributed by atoms with van der Waals surface area (Å²) in [6.07, 6.45) is -5.10. The largest absolute Gasteiger partial charge is 0.435 e. The standard InChI is InChI=1S/C14H18F5N3O2/c1-9-5-11(14(17,18)19)20-22(9)7-12(23)21-4-3-13(15,16)10(6-21)8-24-2/h5,10H,3-4,6-8H2,1-2H3. The third kappa shape index (κ3) is 4.03. The molecular formula is C14H18F5N3O2. The van der Waals surface area contributed by atoms with Gasteiger partial charge in [0.05, 0.1) is 12.5 Å². The quantitative estimate of drug-likeness (QED) is 0.779. The van der Waals surface area contributed by atoms with Crippen LogP contribution in [0.5, 0.6) is 0 Å². The van der Waals surface area contributed by atoms with Crippen LogP contribution in [0.3, 0.4) is 0 Å². The molecule has 0 N–H and O–H groups in total. The van der Waals surface area contributed by atoms with Crippen LogP contribution in [0.4, 0.5) is 22.0 Å². The number of aromatic nitrogens is 2. The molecule has 2 rings (SSSR count). The molecule has 136 valence electrons. The second-order valence-corrected chi connectivity index (χ2v) is 5.83. The zero-order valence-corrected chi connectivity index (χ0v) is 13.2. The first-order valence-corrected chi connectivity index (χ1v) is 7.31. The van der Waals surface area contributed by atoms with Crippen molar-refractivity contribution in [2.24, 2.45) is 5.92 Å². The second kappa shape index (κ2) is 6.66. The summed E-state index contributed by atoms with van der Waals surface area (Å²) in [6.45, 7) is 0.418. The Morgan fingerprint density at radius 2 is 2.12 bits per heavy atom. The third-order valence-corrected chi connectivity index (χ3v) is 4.03. The van der Waals surface area contributed by atoms with Crippen LogP contribution < -0.4 is 0 Å². The maximum absolute atomic E-state index is 13.8. The van der Waals surface area contributed by atoms with Crippen molar-refractivity contribution in [3.05, 3.63) is 17.5 Å². The van der Waals surface area contributed by atoms with Crippen molar-refractivity contribution < 1.29 is 31.5 Å². The van der Waals surface area contributed by atoms with E-state index in [1.165, 1.54) is 18.9 Å². The van der Waals surface area contributed by atoms with Crippen molar-refractivity contribution >= 4 is 5.91 Å². The van der Waals surface area contributed by atoms with Gasteiger partial charge in [-0.3, -0.25) is 9.48 Å². The molecule has 0 bridgehead atoms. The summed E-state index contributed by atoms with van der Waals surface area (Å²) in [5.74, 6) is -4.62. The first kappa shape index (κ1) is 18.6. The summed E-state index contributed by atoms with van der Waals surface area (Å²) >= 11 is 0. The monoisotopic (exact) mass is 355 g/mol.